The van der Waals surface area contributed by atoms with Crippen molar-refractivity contribution in [2.45, 2.75) is 25.7 Å². The van der Waals surface area contributed by atoms with E-state index < -0.39 is 0 Å². The Bertz CT molecular complexity index is 946. The number of fused-ring (bicyclic) bond motifs is 1. The van der Waals surface area contributed by atoms with Gasteiger partial charge in [-0.05, 0) is 50.1 Å². The van der Waals surface area contributed by atoms with Crippen molar-refractivity contribution in [3.63, 3.8) is 0 Å². The van der Waals surface area contributed by atoms with Gasteiger partial charge in [0.2, 0.25) is 0 Å². The van der Waals surface area contributed by atoms with Gasteiger partial charge in [-0.3, -0.25) is 4.79 Å². The quantitative estimate of drug-likeness (QED) is 0.615. The van der Waals surface area contributed by atoms with Gasteiger partial charge in [0.05, 0.1) is 15.2 Å². The highest BCUT2D eigenvalue weighted by Gasteiger charge is 2.26. The Balaban J connectivity index is 1.32. The Morgan fingerprint density at radius 2 is 1.96 bits per heavy atom. The molecule has 1 aromatic heterocycles. The van der Waals surface area contributed by atoms with Gasteiger partial charge >= 0.3 is 0 Å². The highest BCUT2D eigenvalue weighted by molar-refractivity contribution is 7.18. The van der Waals surface area contributed by atoms with Crippen molar-refractivity contribution in [2.24, 2.45) is 0 Å². The summed E-state index contributed by atoms with van der Waals surface area (Å²) in [5.41, 5.74) is 2.14. The third kappa shape index (κ3) is 4.25. The van der Waals surface area contributed by atoms with Gasteiger partial charge in [0.15, 0.2) is 6.61 Å². The Kier molecular flexibility index (Phi) is 5.32. The molecule has 0 atom stereocenters. The van der Waals surface area contributed by atoms with E-state index in [0.717, 1.165) is 42.2 Å². The molecule has 1 aliphatic heterocycles. The van der Waals surface area contributed by atoms with E-state index in [0.29, 0.717) is 10.9 Å². The second-order valence-electron chi connectivity index (χ2n) is 6.92. The van der Waals surface area contributed by atoms with Crippen LogP contribution in [0.3, 0.4) is 0 Å². The number of aryl methyl sites for hydroxylation is 1. The molecule has 3 aromatic rings. The zero-order valence-electron chi connectivity index (χ0n) is 15.2. The van der Waals surface area contributed by atoms with E-state index in [1.54, 1.807) is 11.3 Å². The third-order valence-corrected chi connectivity index (χ3v) is 6.38. The number of nitrogens with zero attached hydrogens (tertiary/aromatic N) is 2. The highest BCUT2D eigenvalue weighted by atomic mass is 35.5. The van der Waals surface area contributed by atoms with E-state index in [1.165, 1.54) is 10.3 Å². The largest absolute Gasteiger partial charge is 0.484 e. The van der Waals surface area contributed by atoms with Crippen LogP contribution in [0, 0.1) is 6.92 Å². The first-order valence-corrected chi connectivity index (χ1v) is 10.3. The molecule has 140 valence electrons. The van der Waals surface area contributed by atoms with Crippen LogP contribution in [-0.2, 0) is 4.79 Å². The SMILES string of the molecule is Cc1ccc(OCC(=O)N2CCC(c3nc4cc(Cl)ccc4s3)CC2)cc1. The van der Waals surface area contributed by atoms with Crippen LogP contribution < -0.4 is 4.74 Å². The first-order chi connectivity index (χ1) is 13.1. The molecule has 4 rings (SSSR count). The lowest BCUT2D eigenvalue weighted by molar-refractivity contribution is -0.134. The Morgan fingerprint density at radius 1 is 1.22 bits per heavy atom. The number of carbonyl (C=O) groups excluding carboxylic acids is 1. The van der Waals surface area contributed by atoms with Crippen LogP contribution >= 0.6 is 22.9 Å². The molecule has 1 saturated heterocycles. The number of carbonyl (C=O) groups is 1. The van der Waals surface area contributed by atoms with E-state index in [4.69, 9.17) is 21.3 Å². The lowest BCUT2D eigenvalue weighted by Gasteiger charge is -2.31. The van der Waals surface area contributed by atoms with Crippen LogP contribution in [0.4, 0.5) is 0 Å². The summed E-state index contributed by atoms with van der Waals surface area (Å²) in [4.78, 5) is 19.1. The molecule has 0 radical (unpaired) electrons. The van der Waals surface area contributed by atoms with Gasteiger partial charge in [-0.25, -0.2) is 4.98 Å². The molecule has 0 N–H and O–H groups in total. The van der Waals surface area contributed by atoms with Gasteiger partial charge < -0.3 is 9.64 Å². The van der Waals surface area contributed by atoms with Gasteiger partial charge in [0.1, 0.15) is 5.75 Å². The zero-order valence-corrected chi connectivity index (χ0v) is 16.7. The molecule has 0 unspecified atom stereocenters. The lowest BCUT2D eigenvalue weighted by atomic mass is 9.97. The number of aromatic nitrogens is 1. The molecule has 1 amide bonds. The normalized spacial score (nSPS) is 15.3. The van der Waals surface area contributed by atoms with Crippen LogP contribution in [0.25, 0.3) is 10.2 Å². The van der Waals surface area contributed by atoms with Crippen LogP contribution in [-0.4, -0.2) is 35.5 Å². The molecule has 0 aliphatic carbocycles. The number of benzene rings is 2. The second kappa shape index (κ2) is 7.87. The summed E-state index contributed by atoms with van der Waals surface area (Å²) in [7, 11) is 0. The fourth-order valence-electron chi connectivity index (χ4n) is 3.34. The Hall–Kier alpha value is -2.11. The van der Waals surface area contributed by atoms with Crippen molar-refractivity contribution in [3.05, 3.63) is 58.1 Å². The molecule has 1 fully saturated rings. The molecule has 0 spiro atoms. The molecular weight excluding hydrogens is 380 g/mol. The van der Waals surface area contributed by atoms with Crippen molar-refractivity contribution in [1.82, 2.24) is 9.88 Å². The van der Waals surface area contributed by atoms with Gasteiger partial charge in [0.25, 0.3) is 5.91 Å². The summed E-state index contributed by atoms with van der Waals surface area (Å²) in [5, 5.41) is 1.86. The maximum absolute atomic E-state index is 12.4. The van der Waals surface area contributed by atoms with Gasteiger partial charge in [-0.15, -0.1) is 11.3 Å². The number of halogens is 1. The van der Waals surface area contributed by atoms with Crippen molar-refractivity contribution < 1.29 is 9.53 Å². The van der Waals surface area contributed by atoms with Crippen LogP contribution in [0.2, 0.25) is 5.02 Å². The van der Waals surface area contributed by atoms with Gasteiger partial charge in [-0.1, -0.05) is 29.3 Å². The molecule has 2 aromatic carbocycles. The number of hydrogen-bond donors (Lipinski definition) is 0. The number of hydrogen-bond acceptors (Lipinski definition) is 4. The maximum Gasteiger partial charge on any atom is 0.260 e. The summed E-state index contributed by atoms with van der Waals surface area (Å²) in [6.07, 6.45) is 1.87. The van der Waals surface area contributed by atoms with E-state index in [2.05, 4.69) is 0 Å². The fraction of sp³-hybridized carbons (Fsp3) is 0.333. The van der Waals surface area contributed by atoms with Crippen molar-refractivity contribution in [1.29, 1.82) is 0 Å². The minimum Gasteiger partial charge on any atom is -0.484 e. The first-order valence-electron chi connectivity index (χ1n) is 9.12. The van der Waals surface area contributed by atoms with E-state index >= 15 is 0 Å². The fourth-order valence-corrected chi connectivity index (χ4v) is 4.62. The van der Waals surface area contributed by atoms with E-state index in [9.17, 15) is 4.79 Å². The number of rotatable bonds is 4. The summed E-state index contributed by atoms with van der Waals surface area (Å²) < 4.78 is 6.79. The second-order valence-corrected chi connectivity index (χ2v) is 8.42. The number of likely N-dealkylation sites (tertiary alicyclic amines) is 1. The van der Waals surface area contributed by atoms with Crippen LogP contribution in [0.1, 0.15) is 29.3 Å². The summed E-state index contributed by atoms with van der Waals surface area (Å²) in [5.74, 6) is 1.19. The van der Waals surface area contributed by atoms with Crippen LogP contribution in [0.5, 0.6) is 5.75 Å². The summed E-state index contributed by atoms with van der Waals surface area (Å²) in [6.45, 7) is 3.61. The third-order valence-electron chi connectivity index (χ3n) is 4.95. The molecule has 0 saturated carbocycles. The average molecular weight is 401 g/mol. The number of amides is 1. The highest BCUT2D eigenvalue weighted by Crippen LogP contribution is 2.34. The van der Waals surface area contributed by atoms with Crippen molar-refractivity contribution >= 4 is 39.1 Å². The predicted molar refractivity (Wildman–Crippen MR) is 110 cm³/mol. The predicted octanol–water partition coefficient (Wildman–Crippen LogP) is 5.04. The van der Waals surface area contributed by atoms with Crippen LogP contribution in [0.15, 0.2) is 42.5 Å². The van der Waals surface area contributed by atoms with Gasteiger partial charge in [-0.2, -0.15) is 0 Å². The van der Waals surface area contributed by atoms with E-state index in [-0.39, 0.29) is 12.5 Å². The van der Waals surface area contributed by atoms with Crippen molar-refractivity contribution in [3.8, 4) is 5.75 Å². The van der Waals surface area contributed by atoms with Gasteiger partial charge in [0, 0.05) is 24.0 Å². The molecule has 27 heavy (non-hydrogen) atoms. The molecule has 6 heteroatoms. The molecule has 4 nitrogen and oxygen atoms in total. The monoisotopic (exact) mass is 400 g/mol. The maximum atomic E-state index is 12.4. The smallest absolute Gasteiger partial charge is 0.260 e. The zero-order chi connectivity index (χ0) is 18.8. The molecular formula is C21H21ClN2O2S. The summed E-state index contributed by atoms with van der Waals surface area (Å²) >= 11 is 7.79. The Labute approximate surface area is 167 Å². The number of piperidine rings is 1. The summed E-state index contributed by atoms with van der Waals surface area (Å²) in [6, 6.07) is 13.6. The first kappa shape index (κ1) is 18.3. The van der Waals surface area contributed by atoms with E-state index in [1.807, 2.05) is 54.3 Å². The Morgan fingerprint density at radius 3 is 2.70 bits per heavy atom. The molecule has 0 bridgehead atoms. The standard InChI is InChI=1S/C21H21ClN2O2S/c1-14-2-5-17(6-3-14)26-13-20(25)24-10-8-15(9-11-24)21-23-18-12-16(22)4-7-19(18)27-21/h2-7,12,15H,8-11,13H2,1H3. The average Bonchev–Trinajstić information content (AvgIpc) is 3.10. The van der Waals surface area contributed by atoms with Crippen molar-refractivity contribution in [2.75, 3.05) is 19.7 Å². The lowest BCUT2D eigenvalue weighted by Crippen LogP contribution is -2.40. The number of ether oxygens (including phenoxy) is 1. The topological polar surface area (TPSA) is 42.4 Å². The number of thiazole rings is 1. The molecule has 1 aliphatic rings. The minimum atomic E-state index is 0.0464. The minimum absolute atomic E-state index is 0.0464. The molecule has 2 heterocycles.